The van der Waals surface area contributed by atoms with Crippen LogP contribution in [0, 0.1) is 0 Å². The van der Waals surface area contributed by atoms with Crippen LogP contribution in [-0.2, 0) is 4.79 Å². The monoisotopic (exact) mass is 326 g/mol. The van der Waals surface area contributed by atoms with Gasteiger partial charge < -0.3 is 15.4 Å². The van der Waals surface area contributed by atoms with E-state index in [1.807, 2.05) is 25.2 Å². The van der Waals surface area contributed by atoms with Crippen LogP contribution in [0.4, 0.5) is 0 Å². The van der Waals surface area contributed by atoms with E-state index in [-0.39, 0.29) is 18.6 Å². The van der Waals surface area contributed by atoms with E-state index in [1.54, 1.807) is 0 Å². The second-order valence-electron chi connectivity index (χ2n) is 4.82. The minimum absolute atomic E-state index is 0.0477. The summed E-state index contributed by atoms with van der Waals surface area (Å²) in [6, 6.07) is 6.35. The van der Waals surface area contributed by atoms with Crippen LogP contribution >= 0.6 is 15.9 Å². The number of nitrogens with one attached hydrogen (secondary N) is 2. The second-order valence-corrected chi connectivity index (χ2v) is 5.74. The lowest BCUT2D eigenvalue weighted by Crippen LogP contribution is -2.30. The van der Waals surface area contributed by atoms with Crippen molar-refractivity contribution in [1.29, 1.82) is 0 Å². The molecule has 1 saturated carbocycles. The Balaban J connectivity index is 1.99. The van der Waals surface area contributed by atoms with Crippen LogP contribution in [0.3, 0.4) is 0 Å². The molecule has 0 aliphatic heterocycles. The molecule has 1 aliphatic rings. The van der Waals surface area contributed by atoms with Crippen molar-refractivity contribution in [1.82, 2.24) is 10.6 Å². The molecule has 0 radical (unpaired) electrons. The van der Waals surface area contributed by atoms with Gasteiger partial charge in [0.15, 0.2) is 6.61 Å². The van der Waals surface area contributed by atoms with E-state index < -0.39 is 0 Å². The van der Waals surface area contributed by atoms with E-state index in [0.717, 1.165) is 28.6 Å². The Morgan fingerprint density at radius 1 is 1.53 bits per heavy atom. The summed E-state index contributed by atoms with van der Waals surface area (Å²) < 4.78 is 6.63. The molecule has 19 heavy (non-hydrogen) atoms. The maximum Gasteiger partial charge on any atom is 0.258 e. The molecule has 0 saturated heterocycles. The van der Waals surface area contributed by atoms with Gasteiger partial charge in [-0.25, -0.2) is 0 Å². The number of benzene rings is 1. The number of amides is 1. The molecule has 0 heterocycles. The van der Waals surface area contributed by atoms with Gasteiger partial charge >= 0.3 is 0 Å². The standard InChI is InChI=1S/C14H19BrN2O2/c1-9(16-2)12-7-10(15)3-6-13(12)19-8-14(18)17-11-4-5-11/h3,6-7,9,11,16H,4-5,8H2,1-2H3,(H,17,18). The molecule has 0 aromatic heterocycles. The number of halogens is 1. The molecule has 0 spiro atoms. The Morgan fingerprint density at radius 2 is 2.26 bits per heavy atom. The molecule has 1 aromatic rings. The van der Waals surface area contributed by atoms with Gasteiger partial charge in [-0.3, -0.25) is 4.79 Å². The Kier molecular flexibility index (Phi) is 4.82. The first-order valence-corrected chi connectivity index (χ1v) is 7.28. The number of rotatable bonds is 6. The molecule has 1 atom stereocenters. The van der Waals surface area contributed by atoms with Crippen LogP contribution in [0.5, 0.6) is 5.75 Å². The van der Waals surface area contributed by atoms with Crippen LogP contribution in [0.15, 0.2) is 22.7 Å². The normalized spacial score (nSPS) is 15.9. The summed E-state index contributed by atoms with van der Waals surface area (Å²) in [6.07, 6.45) is 2.18. The van der Waals surface area contributed by atoms with Gasteiger partial charge in [0.1, 0.15) is 5.75 Å². The predicted molar refractivity (Wildman–Crippen MR) is 78.3 cm³/mol. The average molecular weight is 327 g/mol. The maximum atomic E-state index is 11.6. The molecular formula is C14H19BrN2O2. The number of carbonyl (C=O) groups is 1. The van der Waals surface area contributed by atoms with Crippen molar-refractivity contribution in [3.05, 3.63) is 28.2 Å². The summed E-state index contributed by atoms with van der Waals surface area (Å²) in [5.41, 5.74) is 1.04. The maximum absolute atomic E-state index is 11.6. The molecule has 1 aliphatic carbocycles. The Hall–Kier alpha value is -1.07. The first-order valence-electron chi connectivity index (χ1n) is 6.49. The minimum atomic E-state index is -0.0477. The Morgan fingerprint density at radius 3 is 2.89 bits per heavy atom. The molecule has 1 aromatic carbocycles. The molecule has 1 fully saturated rings. The van der Waals surface area contributed by atoms with Gasteiger partial charge in [0.05, 0.1) is 0 Å². The largest absolute Gasteiger partial charge is 0.483 e. The van der Waals surface area contributed by atoms with Gasteiger partial charge in [0.25, 0.3) is 5.91 Å². The second kappa shape index (κ2) is 6.39. The van der Waals surface area contributed by atoms with Gasteiger partial charge in [-0.05, 0) is 45.0 Å². The van der Waals surface area contributed by atoms with Crippen molar-refractivity contribution in [2.75, 3.05) is 13.7 Å². The van der Waals surface area contributed by atoms with Gasteiger partial charge in [-0.2, -0.15) is 0 Å². The van der Waals surface area contributed by atoms with Crippen LogP contribution < -0.4 is 15.4 Å². The lowest BCUT2D eigenvalue weighted by atomic mass is 10.1. The molecule has 0 bridgehead atoms. The van der Waals surface area contributed by atoms with E-state index in [0.29, 0.717) is 6.04 Å². The molecule has 4 nitrogen and oxygen atoms in total. The summed E-state index contributed by atoms with van der Waals surface area (Å²) in [5.74, 6) is 0.699. The first kappa shape index (κ1) is 14.3. The van der Waals surface area contributed by atoms with Crippen LogP contribution in [0.25, 0.3) is 0 Å². The van der Waals surface area contributed by atoms with Gasteiger partial charge in [-0.1, -0.05) is 15.9 Å². The topological polar surface area (TPSA) is 50.4 Å². The summed E-state index contributed by atoms with van der Waals surface area (Å²) >= 11 is 3.45. The SMILES string of the molecule is CNC(C)c1cc(Br)ccc1OCC(=O)NC1CC1. The first-order chi connectivity index (χ1) is 9.10. The zero-order chi connectivity index (χ0) is 13.8. The van der Waals surface area contributed by atoms with E-state index in [1.165, 1.54) is 0 Å². The third kappa shape index (κ3) is 4.21. The fourth-order valence-electron chi connectivity index (χ4n) is 1.78. The summed E-state index contributed by atoms with van der Waals surface area (Å²) in [4.78, 5) is 11.6. The zero-order valence-corrected chi connectivity index (χ0v) is 12.8. The number of hydrogen-bond acceptors (Lipinski definition) is 3. The summed E-state index contributed by atoms with van der Waals surface area (Å²) in [7, 11) is 1.90. The molecule has 1 amide bonds. The molecular weight excluding hydrogens is 308 g/mol. The van der Waals surface area contributed by atoms with Crippen LogP contribution in [0.2, 0.25) is 0 Å². The average Bonchev–Trinajstić information content (AvgIpc) is 3.20. The third-order valence-corrected chi connectivity index (χ3v) is 3.67. The third-order valence-electron chi connectivity index (χ3n) is 3.17. The fourth-order valence-corrected chi connectivity index (χ4v) is 2.16. The molecule has 104 valence electrons. The van der Waals surface area contributed by atoms with Crippen molar-refractivity contribution in [2.45, 2.75) is 31.8 Å². The number of ether oxygens (including phenoxy) is 1. The van der Waals surface area contributed by atoms with Crippen molar-refractivity contribution in [3.8, 4) is 5.75 Å². The van der Waals surface area contributed by atoms with E-state index >= 15 is 0 Å². The van der Waals surface area contributed by atoms with Gasteiger partial charge in [0.2, 0.25) is 0 Å². The van der Waals surface area contributed by atoms with Crippen molar-refractivity contribution >= 4 is 21.8 Å². The van der Waals surface area contributed by atoms with Crippen molar-refractivity contribution in [2.24, 2.45) is 0 Å². The molecule has 5 heteroatoms. The summed E-state index contributed by atoms with van der Waals surface area (Å²) in [6.45, 7) is 2.13. The number of hydrogen-bond donors (Lipinski definition) is 2. The lowest BCUT2D eigenvalue weighted by Gasteiger charge is -2.16. The zero-order valence-electron chi connectivity index (χ0n) is 11.2. The highest BCUT2D eigenvalue weighted by molar-refractivity contribution is 9.10. The number of carbonyl (C=O) groups excluding carboxylic acids is 1. The summed E-state index contributed by atoms with van der Waals surface area (Å²) in [5, 5.41) is 6.09. The molecule has 2 rings (SSSR count). The molecule has 2 N–H and O–H groups in total. The van der Waals surface area contributed by atoms with E-state index in [4.69, 9.17) is 4.74 Å². The minimum Gasteiger partial charge on any atom is -0.483 e. The quantitative estimate of drug-likeness (QED) is 0.843. The Bertz CT molecular complexity index is 461. The fraction of sp³-hybridized carbons (Fsp3) is 0.500. The smallest absolute Gasteiger partial charge is 0.258 e. The van der Waals surface area contributed by atoms with Crippen molar-refractivity contribution in [3.63, 3.8) is 0 Å². The highest BCUT2D eigenvalue weighted by atomic mass is 79.9. The van der Waals surface area contributed by atoms with E-state index in [9.17, 15) is 4.79 Å². The predicted octanol–water partition coefficient (Wildman–Crippen LogP) is 2.39. The lowest BCUT2D eigenvalue weighted by molar-refractivity contribution is -0.123. The van der Waals surface area contributed by atoms with Gasteiger partial charge in [-0.15, -0.1) is 0 Å². The van der Waals surface area contributed by atoms with Crippen LogP contribution in [0.1, 0.15) is 31.4 Å². The highest BCUT2D eigenvalue weighted by Crippen LogP contribution is 2.28. The van der Waals surface area contributed by atoms with Crippen LogP contribution in [-0.4, -0.2) is 25.6 Å². The molecule has 1 unspecified atom stereocenters. The highest BCUT2D eigenvalue weighted by Gasteiger charge is 2.23. The van der Waals surface area contributed by atoms with Gasteiger partial charge in [0, 0.05) is 22.1 Å². The van der Waals surface area contributed by atoms with Crippen molar-refractivity contribution < 1.29 is 9.53 Å². The Labute approximate surface area is 122 Å². The van der Waals surface area contributed by atoms with E-state index in [2.05, 4.69) is 33.5 Å².